The van der Waals surface area contributed by atoms with Crippen molar-refractivity contribution >= 4 is 45.2 Å². The normalized spacial score (nSPS) is 23.1. The second-order valence-corrected chi connectivity index (χ2v) is 14.5. The number of likely N-dealkylation sites (N-methyl/N-ethyl adjacent to an activating group) is 1. The van der Waals surface area contributed by atoms with Crippen molar-refractivity contribution in [1.29, 1.82) is 0 Å². The predicted octanol–water partition coefficient (Wildman–Crippen LogP) is 6.06. The van der Waals surface area contributed by atoms with E-state index >= 15 is 4.39 Å². The maximum Gasteiger partial charge on any atom is 0.410 e. The summed E-state index contributed by atoms with van der Waals surface area (Å²) < 4.78 is 28.7. The average molecular weight is 663 g/mol. The number of rotatable bonds is 6. The first kappa shape index (κ1) is 31.8. The summed E-state index contributed by atoms with van der Waals surface area (Å²) in [6.45, 7) is 8.28. The lowest BCUT2D eigenvalue weighted by Gasteiger charge is -2.31. The van der Waals surface area contributed by atoms with Crippen molar-refractivity contribution in [3.63, 3.8) is 0 Å². The molecule has 0 aliphatic carbocycles. The van der Waals surface area contributed by atoms with E-state index in [4.69, 9.17) is 26.1 Å². The number of halogens is 2. The summed E-state index contributed by atoms with van der Waals surface area (Å²) in [4.78, 5) is 32.8. The zero-order valence-electron chi connectivity index (χ0n) is 27.2. The van der Waals surface area contributed by atoms with Crippen molar-refractivity contribution in [2.24, 2.45) is 0 Å². The summed E-state index contributed by atoms with van der Waals surface area (Å²) in [5.74, 6) is -0.141. The quantitative estimate of drug-likeness (QED) is 0.264. The molecular formula is C35H40ClFN6O4. The third-order valence-electron chi connectivity index (χ3n) is 9.71. The number of aromatic nitrogens is 3. The highest BCUT2D eigenvalue weighted by atomic mass is 35.5. The van der Waals surface area contributed by atoms with Gasteiger partial charge >= 0.3 is 12.1 Å². The number of anilines is 1. The van der Waals surface area contributed by atoms with Crippen LogP contribution in [0.4, 0.5) is 15.0 Å². The SMILES string of the molecule is CN(c1nc(OC[C@@]23CCCN2C[C@H](O)C3)nc2c(F)c(-c3cccc4cccc(Cl)c34)ncc12)[C@@H]1CCN(C(=O)OC(C)(C)C)C1. The smallest absolute Gasteiger partial charge is 0.410 e. The molecule has 7 rings (SSSR count). The van der Waals surface area contributed by atoms with Crippen LogP contribution in [0.2, 0.25) is 5.02 Å². The highest BCUT2D eigenvalue weighted by molar-refractivity contribution is 6.36. The molecule has 5 heterocycles. The summed E-state index contributed by atoms with van der Waals surface area (Å²) in [5, 5.41) is 12.9. The van der Waals surface area contributed by atoms with Gasteiger partial charge in [0.15, 0.2) is 5.82 Å². The van der Waals surface area contributed by atoms with Gasteiger partial charge in [-0.25, -0.2) is 9.18 Å². The summed E-state index contributed by atoms with van der Waals surface area (Å²) in [7, 11) is 1.88. The van der Waals surface area contributed by atoms with Gasteiger partial charge in [0.25, 0.3) is 0 Å². The molecule has 1 N–H and O–H groups in total. The number of pyridine rings is 1. The number of carbonyl (C=O) groups excluding carboxylic acids is 1. The maximum absolute atomic E-state index is 16.8. The molecule has 0 unspecified atom stereocenters. The van der Waals surface area contributed by atoms with Gasteiger partial charge in [-0.3, -0.25) is 9.88 Å². The number of aliphatic hydroxyl groups is 1. The van der Waals surface area contributed by atoms with Crippen LogP contribution < -0.4 is 9.64 Å². The predicted molar refractivity (Wildman–Crippen MR) is 180 cm³/mol. The van der Waals surface area contributed by atoms with E-state index in [2.05, 4.69) is 14.9 Å². The molecule has 3 atom stereocenters. The molecule has 47 heavy (non-hydrogen) atoms. The largest absolute Gasteiger partial charge is 0.461 e. The molecule has 0 radical (unpaired) electrons. The van der Waals surface area contributed by atoms with Crippen molar-refractivity contribution in [1.82, 2.24) is 24.8 Å². The Labute approximate surface area is 278 Å². The molecule has 3 aliphatic heterocycles. The van der Waals surface area contributed by atoms with E-state index in [9.17, 15) is 9.90 Å². The van der Waals surface area contributed by atoms with Crippen molar-refractivity contribution < 1.29 is 23.8 Å². The summed E-state index contributed by atoms with van der Waals surface area (Å²) in [5.41, 5.74) is -0.126. The van der Waals surface area contributed by atoms with Gasteiger partial charge in [0.2, 0.25) is 0 Å². The van der Waals surface area contributed by atoms with Crippen LogP contribution in [0.1, 0.15) is 46.5 Å². The second-order valence-electron chi connectivity index (χ2n) is 14.1. The number of fused-ring (bicyclic) bond motifs is 3. The third-order valence-corrected chi connectivity index (χ3v) is 10.0. The number of β-amino-alcohol motifs (C(OH)–C–C–N with tert-alkyl or cyclic N) is 1. The van der Waals surface area contributed by atoms with E-state index in [0.29, 0.717) is 59.7 Å². The van der Waals surface area contributed by atoms with Gasteiger partial charge in [0, 0.05) is 54.9 Å². The van der Waals surface area contributed by atoms with Gasteiger partial charge in [0.1, 0.15) is 29.2 Å². The fraction of sp³-hybridized carbons (Fsp3) is 0.486. The molecule has 10 nitrogen and oxygen atoms in total. The number of nitrogens with zero attached hydrogens (tertiary/aromatic N) is 6. The Bertz CT molecular complexity index is 1850. The van der Waals surface area contributed by atoms with E-state index in [1.807, 2.05) is 57.0 Å². The fourth-order valence-electron chi connectivity index (χ4n) is 7.45. The van der Waals surface area contributed by atoms with Crippen molar-refractivity contribution in [2.75, 3.05) is 44.7 Å². The van der Waals surface area contributed by atoms with Crippen LogP contribution in [0.15, 0.2) is 42.6 Å². The molecule has 2 aromatic heterocycles. The van der Waals surface area contributed by atoms with Crippen LogP contribution in [0.25, 0.3) is 32.9 Å². The molecule has 4 aromatic rings. The topological polar surface area (TPSA) is 104 Å². The lowest BCUT2D eigenvalue weighted by Crippen LogP contribution is -2.43. The Morgan fingerprint density at radius 3 is 2.74 bits per heavy atom. The number of carbonyl (C=O) groups is 1. The number of likely N-dealkylation sites (tertiary alicyclic amines) is 1. The van der Waals surface area contributed by atoms with Gasteiger partial charge < -0.3 is 24.4 Å². The molecule has 0 saturated carbocycles. The van der Waals surface area contributed by atoms with Gasteiger partial charge in [-0.05, 0) is 64.5 Å². The van der Waals surface area contributed by atoms with Gasteiger partial charge in [0.05, 0.1) is 17.0 Å². The number of hydrogen-bond acceptors (Lipinski definition) is 9. The number of hydrogen-bond donors (Lipinski definition) is 1. The summed E-state index contributed by atoms with van der Waals surface area (Å²) >= 11 is 6.61. The van der Waals surface area contributed by atoms with Gasteiger partial charge in [-0.15, -0.1) is 0 Å². The Kier molecular flexibility index (Phi) is 8.13. The lowest BCUT2D eigenvalue weighted by atomic mass is 9.94. The molecular weight excluding hydrogens is 623 g/mol. The van der Waals surface area contributed by atoms with Crippen LogP contribution in [0.3, 0.4) is 0 Å². The minimum atomic E-state index is -0.602. The highest BCUT2D eigenvalue weighted by Gasteiger charge is 2.48. The average Bonchev–Trinajstić information content (AvgIpc) is 3.74. The van der Waals surface area contributed by atoms with E-state index in [0.717, 1.165) is 24.8 Å². The lowest BCUT2D eigenvalue weighted by molar-refractivity contribution is 0.0292. The van der Waals surface area contributed by atoms with E-state index in [1.54, 1.807) is 23.2 Å². The molecule has 12 heteroatoms. The number of aliphatic hydroxyl groups excluding tert-OH is 1. The minimum absolute atomic E-state index is 0.0518. The van der Waals surface area contributed by atoms with Crippen LogP contribution in [-0.4, -0.2) is 99.1 Å². The molecule has 3 saturated heterocycles. The van der Waals surface area contributed by atoms with Crippen molar-refractivity contribution in [3.05, 3.63) is 53.4 Å². The maximum atomic E-state index is 16.8. The minimum Gasteiger partial charge on any atom is -0.461 e. The molecule has 1 amide bonds. The zero-order valence-corrected chi connectivity index (χ0v) is 27.9. The van der Waals surface area contributed by atoms with Crippen LogP contribution in [0, 0.1) is 5.82 Å². The second kappa shape index (κ2) is 12.0. The van der Waals surface area contributed by atoms with Crippen molar-refractivity contribution in [2.45, 2.75) is 69.7 Å². The first-order valence-corrected chi connectivity index (χ1v) is 16.6. The Balaban J connectivity index is 1.28. The molecule has 3 aliphatic rings. The highest BCUT2D eigenvalue weighted by Crippen LogP contribution is 2.41. The monoisotopic (exact) mass is 662 g/mol. The molecule has 2 aromatic carbocycles. The number of ether oxygens (including phenoxy) is 2. The molecule has 0 spiro atoms. The fourth-order valence-corrected chi connectivity index (χ4v) is 7.73. The standard InChI is InChI=1S/C35H40ClFN6O4/c1-34(2,3)47-33(45)42-15-12-22(18-42)41(4)31-25-17-38-29(24-10-5-8-21-9-6-11-26(36)27(21)24)28(37)30(25)39-32(40-31)46-20-35-13-7-14-43(35)19-23(44)16-35/h5-6,8-11,17,22-23,44H,7,12-16,18-20H2,1-4H3/t22-,23-,35+/m1/s1. The summed E-state index contributed by atoms with van der Waals surface area (Å²) in [6.07, 6.45) is 4.04. The first-order valence-electron chi connectivity index (χ1n) is 16.2. The van der Waals surface area contributed by atoms with E-state index in [1.165, 1.54) is 0 Å². The van der Waals surface area contributed by atoms with Gasteiger partial charge in [-0.1, -0.05) is 41.9 Å². The Morgan fingerprint density at radius 1 is 1.17 bits per heavy atom. The Hall–Kier alpha value is -3.80. The Morgan fingerprint density at radius 2 is 1.96 bits per heavy atom. The van der Waals surface area contributed by atoms with Crippen LogP contribution in [-0.2, 0) is 4.74 Å². The molecule has 248 valence electrons. The van der Waals surface area contributed by atoms with E-state index in [-0.39, 0.29) is 41.5 Å². The van der Waals surface area contributed by atoms with Gasteiger partial charge in [-0.2, -0.15) is 9.97 Å². The molecule has 3 fully saturated rings. The van der Waals surface area contributed by atoms with Crippen LogP contribution >= 0.6 is 11.6 Å². The van der Waals surface area contributed by atoms with Crippen molar-refractivity contribution in [3.8, 4) is 17.3 Å². The molecule has 0 bridgehead atoms. The number of amides is 1. The number of benzene rings is 2. The zero-order chi connectivity index (χ0) is 33.1. The first-order chi connectivity index (χ1) is 22.4. The summed E-state index contributed by atoms with van der Waals surface area (Å²) in [6, 6.07) is 11.1. The van der Waals surface area contributed by atoms with Crippen LogP contribution in [0.5, 0.6) is 6.01 Å². The van der Waals surface area contributed by atoms with E-state index < -0.39 is 17.5 Å². The third kappa shape index (κ3) is 5.93.